The highest BCUT2D eigenvalue weighted by Crippen LogP contribution is 2.25. The SMILES string of the molecule is C[C@H](OC(=O)Cc1csc(-c2ccsc2)n1)C(=O)Nc1ccc(Cl)cn1. The first-order valence-corrected chi connectivity index (χ1v) is 9.80. The van der Waals surface area contributed by atoms with Crippen molar-refractivity contribution >= 4 is 52.0 Å². The summed E-state index contributed by atoms with van der Waals surface area (Å²) in [6, 6.07) is 5.15. The molecule has 1 amide bonds. The summed E-state index contributed by atoms with van der Waals surface area (Å²) < 4.78 is 5.17. The maximum absolute atomic E-state index is 12.1. The van der Waals surface area contributed by atoms with Crippen LogP contribution in [0.4, 0.5) is 5.82 Å². The van der Waals surface area contributed by atoms with Crippen molar-refractivity contribution in [2.45, 2.75) is 19.4 Å². The topological polar surface area (TPSA) is 81.2 Å². The number of nitrogens with zero attached hydrogens (tertiary/aromatic N) is 2. The average molecular weight is 408 g/mol. The number of halogens is 1. The van der Waals surface area contributed by atoms with Crippen molar-refractivity contribution in [3.63, 3.8) is 0 Å². The normalized spacial score (nSPS) is 11.8. The van der Waals surface area contributed by atoms with Gasteiger partial charge in [-0.15, -0.1) is 11.3 Å². The van der Waals surface area contributed by atoms with Gasteiger partial charge in [0.15, 0.2) is 6.10 Å². The van der Waals surface area contributed by atoms with E-state index in [-0.39, 0.29) is 6.42 Å². The minimum atomic E-state index is -0.949. The van der Waals surface area contributed by atoms with Crippen molar-refractivity contribution in [3.8, 4) is 10.6 Å². The summed E-state index contributed by atoms with van der Waals surface area (Å²) in [6.45, 7) is 1.50. The number of thiophene rings is 1. The van der Waals surface area contributed by atoms with Gasteiger partial charge in [0.25, 0.3) is 5.91 Å². The molecule has 3 aromatic rings. The smallest absolute Gasteiger partial charge is 0.312 e. The molecule has 0 spiro atoms. The number of anilines is 1. The van der Waals surface area contributed by atoms with Gasteiger partial charge in [-0.1, -0.05) is 11.6 Å². The molecule has 0 radical (unpaired) electrons. The van der Waals surface area contributed by atoms with E-state index in [0.29, 0.717) is 16.5 Å². The molecule has 3 heterocycles. The van der Waals surface area contributed by atoms with E-state index in [1.54, 1.807) is 23.5 Å². The molecule has 1 N–H and O–H groups in total. The Hall–Kier alpha value is -2.29. The third-order valence-corrected chi connectivity index (χ3v) is 5.15. The molecule has 1 atom stereocenters. The van der Waals surface area contributed by atoms with E-state index < -0.39 is 18.0 Å². The number of nitrogens with one attached hydrogen (secondary N) is 1. The molecule has 0 fully saturated rings. The number of amides is 1. The van der Waals surface area contributed by atoms with Gasteiger partial charge in [-0.2, -0.15) is 11.3 Å². The zero-order valence-electron chi connectivity index (χ0n) is 13.6. The number of rotatable bonds is 6. The second-order valence-corrected chi connectivity index (χ2v) is 7.39. The molecule has 0 saturated heterocycles. The molecule has 0 bridgehead atoms. The summed E-state index contributed by atoms with van der Waals surface area (Å²) >= 11 is 8.80. The van der Waals surface area contributed by atoms with Crippen molar-refractivity contribution in [2.75, 3.05) is 5.32 Å². The van der Waals surface area contributed by atoms with Gasteiger partial charge in [-0.05, 0) is 30.5 Å². The number of carbonyl (C=O) groups excluding carboxylic acids is 2. The van der Waals surface area contributed by atoms with Crippen molar-refractivity contribution in [3.05, 3.63) is 51.3 Å². The second kappa shape index (κ2) is 8.39. The zero-order chi connectivity index (χ0) is 18.5. The largest absolute Gasteiger partial charge is 0.452 e. The number of carbonyl (C=O) groups is 2. The van der Waals surface area contributed by atoms with Gasteiger partial charge >= 0.3 is 5.97 Å². The van der Waals surface area contributed by atoms with Crippen LogP contribution in [-0.2, 0) is 20.7 Å². The number of thiazole rings is 1. The van der Waals surface area contributed by atoms with E-state index in [0.717, 1.165) is 10.6 Å². The molecular weight excluding hydrogens is 394 g/mol. The maximum atomic E-state index is 12.1. The standard InChI is InChI=1S/C17H14ClN3O3S2/c1-10(16(23)21-14-3-2-12(18)7-19-14)24-15(22)6-13-9-26-17(20-13)11-4-5-25-8-11/h2-5,7-10H,6H2,1H3,(H,19,21,23)/t10-/m0/s1. The molecule has 0 unspecified atom stereocenters. The van der Waals surface area contributed by atoms with Crippen LogP contribution < -0.4 is 5.32 Å². The van der Waals surface area contributed by atoms with Crippen LogP contribution in [0.5, 0.6) is 0 Å². The van der Waals surface area contributed by atoms with Crippen molar-refractivity contribution < 1.29 is 14.3 Å². The molecular formula is C17H14ClN3O3S2. The van der Waals surface area contributed by atoms with Crippen LogP contribution in [0.25, 0.3) is 10.6 Å². The number of esters is 1. The molecule has 0 saturated carbocycles. The minimum Gasteiger partial charge on any atom is -0.452 e. The van der Waals surface area contributed by atoms with E-state index in [1.807, 2.05) is 22.2 Å². The first kappa shape index (κ1) is 18.5. The number of pyridine rings is 1. The van der Waals surface area contributed by atoms with Crippen LogP contribution in [0.3, 0.4) is 0 Å². The molecule has 6 nitrogen and oxygen atoms in total. The van der Waals surface area contributed by atoms with Gasteiger partial charge in [0.05, 0.1) is 17.1 Å². The predicted molar refractivity (Wildman–Crippen MR) is 103 cm³/mol. The van der Waals surface area contributed by atoms with E-state index >= 15 is 0 Å². The van der Waals surface area contributed by atoms with Gasteiger partial charge in [0.1, 0.15) is 10.8 Å². The molecule has 134 valence electrons. The number of ether oxygens (including phenoxy) is 1. The fourth-order valence-electron chi connectivity index (χ4n) is 2.02. The van der Waals surface area contributed by atoms with Gasteiger partial charge in [0, 0.05) is 22.5 Å². The number of hydrogen-bond acceptors (Lipinski definition) is 7. The highest BCUT2D eigenvalue weighted by atomic mass is 35.5. The lowest BCUT2D eigenvalue weighted by molar-refractivity contribution is -0.152. The van der Waals surface area contributed by atoms with Crippen LogP contribution in [-0.4, -0.2) is 27.9 Å². The minimum absolute atomic E-state index is 0.0114. The third kappa shape index (κ3) is 4.87. The predicted octanol–water partition coefficient (Wildman–Crippen LogP) is 4.03. The fourth-order valence-corrected chi connectivity index (χ4v) is 3.67. The summed E-state index contributed by atoms with van der Waals surface area (Å²) in [7, 11) is 0. The Kier molecular flexibility index (Phi) is 5.97. The Morgan fingerprint density at radius 1 is 1.31 bits per heavy atom. The summed E-state index contributed by atoms with van der Waals surface area (Å²) in [4.78, 5) is 32.5. The summed E-state index contributed by atoms with van der Waals surface area (Å²) in [5.74, 6) is -0.647. The highest BCUT2D eigenvalue weighted by Gasteiger charge is 2.19. The summed E-state index contributed by atoms with van der Waals surface area (Å²) in [5, 5.41) is 9.67. The van der Waals surface area contributed by atoms with Gasteiger partial charge < -0.3 is 10.1 Å². The van der Waals surface area contributed by atoms with Crippen molar-refractivity contribution in [1.29, 1.82) is 0 Å². The monoisotopic (exact) mass is 407 g/mol. The maximum Gasteiger partial charge on any atom is 0.312 e. The Morgan fingerprint density at radius 2 is 2.15 bits per heavy atom. The third-order valence-electron chi connectivity index (χ3n) is 3.30. The first-order valence-electron chi connectivity index (χ1n) is 7.60. The molecule has 0 aromatic carbocycles. The van der Waals surface area contributed by atoms with Gasteiger partial charge in [0.2, 0.25) is 0 Å². The van der Waals surface area contributed by atoms with E-state index in [9.17, 15) is 9.59 Å². The molecule has 3 rings (SSSR count). The van der Waals surface area contributed by atoms with Crippen molar-refractivity contribution in [2.24, 2.45) is 0 Å². The summed E-state index contributed by atoms with van der Waals surface area (Å²) in [6.07, 6.45) is 0.480. The van der Waals surface area contributed by atoms with Crippen LogP contribution in [0.2, 0.25) is 5.02 Å². The van der Waals surface area contributed by atoms with Crippen molar-refractivity contribution in [1.82, 2.24) is 9.97 Å². The molecule has 0 aliphatic rings. The van der Waals surface area contributed by atoms with Crippen LogP contribution in [0.15, 0.2) is 40.5 Å². The van der Waals surface area contributed by atoms with Gasteiger partial charge in [-0.25, -0.2) is 9.97 Å². The Bertz CT molecular complexity index is 894. The zero-order valence-corrected chi connectivity index (χ0v) is 16.0. The molecule has 9 heteroatoms. The lowest BCUT2D eigenvalue weighted by atomic mass is 10.3. The van der Waals surface area contributed by atoms with E-state index in [4.69, 9.17) is 16.3 Å². The number of hydrogen-bond donors (Lipinski definition) is 1. The van der Waals surface area contributed by atoms with Gasteiger partial charge in [-0.3, -0.25) is 9.59 Å². The lowest BCUT2D eigenvalue weighted by Crippen LogP contribution is -2.30. The molecule has 26 heavy (non-hydrogen) atoms. The highest BCUT2D eigenvalue weighted by molar-refractivity contribution is 7.14. The van der Waals surface area contributed by atoms with Crippen LogP contribution in [0, 0.1) is 0 Å². The Morgan fingerprint density at radius 3 is 2.85 bits per heavy atom. The van der Waals surface area contributed by atoms with Crippen LogP contribution in [0.1, 0.15) is 12.6 Å². The molecule has 0 aliphatic heterocycles. The molecule has 3 aromatic heterocycles. The molecule has 0 aliphatic carbocycles. The fraction of sp³-hybridized carbons (Fsp3) is 0.176. The van der Waals surface area contributed by atoms with E-state index in [1.165, 1.54) is 24.5 Å². The number of aromatic nitrogens is 2. The quantitative estimate of drug-likeness (QED) is 0.624. The Labute approximate surface area is 162 Å². The summed E-state index contributed by atoms with van der Waals surface area (Å²) in [5.41, 5.74) is 1.65. The average Bonchev–Trinajstić information content (AvgIpc) is 3.28. The van der Waals surface area contributed by atoms with Crippen LogP contribution >= 0.6 is 34.3 Å². The Balaban J connectivity index is 1.52. The second-order valence-electron chi connectivity index (χ2n) is 5.32. The van der Waals surface area contributed by atoms with E-state index in [2.05, 4.69) is 15.3 Å². The first-order chi connectivity index (χ1) is 12.5. The lowest BCUT2D eigenvalue weighted by Gasteiger charge is -2.12.